The fourth-order valence-electron chi connectivity index (χ4n) is 4.54. The van der Waals surface area contributed by atoms with Gasteiger partial charge in [-0.1, -0.05) is 18.2 Å². The Balaban J connectivity index is 1.50. The molecule has 10 heteroatoms. The first-order valence-electron chi connectivity index (χ1n) is 12.2. The summed E-state index contributed by atoms with van der Waals surface area (Å²) in [6.45, 7) is -0.0287. The van der Waals surface area contributed by atoms with Gasteiger partial charge in [0.15, 0.2) is 5.11 Å². The van der Waals surface area contributed by atoms with E-state index in [2.05, 4.69) is 15.6 Å². The maximum atomic E-state index is 12.0. The van der Waals surface area contributed by atoms with Crippen molar-refractivity contribution in [3.8, 4) is 11.3 Å². The number of aromatic nitrogens is 1. The van der Waals surface area contributed by atoms with Crippen LogP contribution in [0.2, 0.25) is 0 Å². The maximum Gasteiger partial charge on any atom is 0.337 e. The third kappa shape index (κ3) is 5.52. The maximum absolute atomic E-state index is 12.0. The number of nitrogens with one attached hydrogen (secondary N) is 2. The van der Waals surface area contributed by atoms with Crippen molar-refractivity contribution in [1.82, 2.24) is 10.3 Å². The van der Waals surface area contributed by atoms with Crippen molar-refractivity contribution in [2.45, 2.75) is 12.1 Å². The average Bonchev–Trinajstić information content (AvgIpc) is 3.58. The minimum Gasteiger partial charge on any atom is -0.465 e. The van der Waals surface area contributed by atoms with Gasteiger partial charge in [0.25, 0.3) is 0 Å². The molecule has 198 valence electrons. The lowest BCUT2D eigenvalue weighted by Gasteiger charge is -2.26. The summed E-state index contributed by atoms with van der Waals surface area (Å²) in [4.78, 5) is 30.5. The summed E-state index contributed by atoms with van der Waals surface area (Å²) in [7, 11) is 2.82. The molecule has 2 N–H and O–H groups in total. The molecular weight excluding hydrogens is 516 g/mol. The number of esters is 1. The van der Waals surface area contributed by atoms with E-state index in [1.165, 1.54) is 14.2 Å². The summed E-state index contributed by atoms with van der Waals surface area (Å²) in [5, 5.41) is 6.71. The monoisotopic (exact) mass is 542 g/mol. The molecule has 5 rings (SSSR count). The standard InChI is InChI=1S/C29H26N4O5S/c1-36-17-25(34)31-20-9-11-21(12-10-20)33-27(26(32-29(33)39)22-8-3-4-15-30-22)24-14-13-23(38-24)18-6-5-7-19(16-18)28(35)37-2/h3-16,26-27H,17H2,1-2H3,(H,31,34)(H,32,39)/t26-,27+/m1/s1. The minimum atomic E-state index is -0.419. The summed E-state index contributed by atoms with van der Waals surface area (Å²) in [6.07, 6.45) is 1.74. The Bertz CT molecular complexity index is 1490. The number of nitrogens with zero attached hydrogens (tertiary/aromatic N) is 2. The number of carbonyl (C=O) groups is 2. The minimum absolute atomic E-state index is 0.0287. The van der Waals surface area contributed by atoms with E-state index in [1.54, 1.807) is 24.4 Å². The highest BCUT2D eigenvalue weighted by molar-refractivity contribution is 7.80. The second-order valence-corrected chi connectivity index (χ2v) is 9.19. The van der Waals surface area contributed by atoms with Crippen molar-refractivity contribution in [2.75, 3.05) is 31.0 Å². The van der Waals surface area contributed by atoms with Crippen molar-refractivity contribution in [2.24, 2.45) is 0 Å². The zero-order chi connectivity index (χ0) is 27.4. The second kappa shape index (κ2) is 11.5. The van der Waals surface area contributed by atoms with E-state index in [0.717, 1.165) is 16.9 Å². The van der Waals surface area contributed by atoms with Crippen molar-refractivity contribution < 1.29 is 23.5 Å². The van der Waals surface area contributed by atoms with Gasteiger partial charge in [-0.15, -0.1) is 0 Å². The summed E-state index contributed by atoms with van der Waals surface area (Å²) >= 11 is 5.78. The van der Waals surface area contributed by atoms with Crippen LogP contribution in [-0.4, -0.2) is 42.8 Å². The predicted octanol–water partition coefficient (Wildman–Crippen LogP) is 4.89. The van der Waals surface area contributed by atoms with Crippen LogP contribution < -0.4 is 15.5 Å². The number of rotatable bonds is 8. The number of ether oxygens (including phenoxy) is 2. The van der Waals surface area contributed by atoms with E-state index in [9.17, 15) is 9.59 Å². The van der Waals surface area contributed by atoms with Crippen LogP contribution in [0.1, 0.15) is 33.9 Å². The first kappa shape index (κ1) is 26.1. The molecule has 0 bridgehead atoms. The third-order valence-electron chi connectivity index (χ3n) is 6.29. The van der Waals surface area contributed by atoms with Gasteiger partial charge in [-0.25, -0.2) is 4.79 Å². The van der Waals surface area contributed by atoms with Gasteiger partial charge in [-0.3, -0.25) is 9.78 Å². The highest BCUT2D eigenvalue weighted by Crippen LogP contribution is 2.43. The fraction of sp³-hybridized carbons (Fsp3) is 0.172. The number of hydrogen-bond donors (Lipinski definition) is 2. The van der Waals surface area contributed by atoms with Crippen LogP contribution in [0.25, 0.3) is 11.3 Å². The Morgan fingerprint density at radius 3 is 2.59 bits per heavy atom. The SMILES string of the molecule is COCC(=O)Nc1ccc(N2C(=S)N[C@H](c3ccccn3)[C@@H]2c2ccc(-c3cccc(C(=O)OC)c3)o2)cc1. The van der Waals surface area contributed by atoms with Gasteiger partial charge < -0.3 is 29.4 Å². The molecule has 1 amide bonds. The third-order valence-corrected chi connectivity index (χ3v) is 6.60. The molecule has 1 saturated heterocycles. The predicted molar refractivity (Wildman–Crippen MR) is 150 cm³/mol. The van der Waals surface area contributed by atoms with Crippen LogP contribution >= 0.6 is 12.2 Å². The lowest BCUT2D eigenvalue weighted by atomic mass is 10.0. The number of anilines is 2. The van der Waals surface area contributed by atoms with Crippen LogP contribution in [0.3, 0.4) is 0 Å². The first-order valence-corrected chi connectivity index (χ1v) is 12.6. The molecule has 0 spiro atoms. The molecule has 1 aliphatic heterocycles. The lowest BCUT2D eigenvalue weighted by Crippen LogP contribution is -2.29. The Morgan fingerprint density at radius 1 is 1.05 bits per heavy atom. The highest BCUT2D eigenvalue weighted by atomic mass is 32.1. The number of amides is 1. The summed E-state index contributed by atoms with van der Waals surface area (Å²) in [5.74, 6) is 0.603. The molecule has 9 nitrogen and oxygen atoms in total. The number of carbonyl (C=O) groups excluding carboxylic acids is 2. The second-order valence-electron chi connectivity index (χ2n) is 8.80. The number of furan rings is 1. The number of methoxy groups -OCH3 is 2. The molecule has 1 aliphatic rings. The molecule has 3 heterocycles. The zero-order valence-electron chi connectivity index (χ0n) is 21.3. The van der Waals surface area contributed by atoms with Gasteiger partial charge in [-0.05, 0) is 72.9 Å². The van der Waals surface area contributed by atoms with Crippen molar-refractivity contribution in [3.05, 3.63) is 102 Å². The smallest absolute Gasteiger partial charge is 0.337 e. The molecule has 2 atom stereocenters. The van der Waals surface area contributed by atoms with Gasteiger partial charge in [-0.2, -0.15) is 0 Å². The van der Waals surface area contributed by atoms with Gasteiger partial charge in [0.1, 0.15) is 24.2 Å². The molecule has 2 aromatic heterocycles. The summed E-state index contributed by atoms with van der Waals surface area (Å²) in [5.41, 5.74) is 3.44. The van der Waals surface area contributed by atoms with Crippen LogP contribution in [0.4, 0.5) is 11.4 Å². The van der Waals surface area contributed by atoms with Gasteiger partial charge in [0.05, 0.1) is 24.4 Å². The number of pyridine rings is 1. The molecule has 2 aromatic carbocycles. The van der Waals surface area contributed by atoms with Gasteiger partial charge in [0.2, 0.25) is 5.91 Å². The van der Waals surface area contributed by atoms with Crippen LogP contribution in [-0.2, 0) is 14.3 Å². The number of thiocarbonyl (C=S) groups is 1. The van der Waals surface area contributed by atoms with Crippen molar-refractivity contribution >= 4 is 40.6 Å². The Labute approximate surface area is 230 Å². The normalized spacial score (nSPS) is 16.6. The Morgan fingerprint density at radius 2 is 1.87 bits per heavy atom. The number of hydrogen-bond acceptors (Lipinski definition) is 7. The Kier molecular flexibility index (Phi) is 7.67. The van der Waals surface area contributed by atoms with Crippen molar-refractivity contribution in [3.63, 3.8) is 0 Å². The largest absolute Gasteiger partial charge is 0.465 e. The fourth-order valence-corrected chi connectivity index (χ4v) is 4.89. The van der Waals surface area contributed by atoms with Crippen LogP contribution in [0, 0.1) is 0 Å². The average molecular weight is 543 g/mol. The highest BCUT2D eigenvalue weighted by Gasteiger charge is 2.42. The Hall–Kier alpha value is -4.54. The van der Waals surface area contributed by atoms with E-state index in [1.807, 2.05) is 65.6 Å². The quantitative estimate of drug-likeness (QED) is 0.238. The molecule has 0 unspecified atom stereocenters. The van der Waals surface area contributed by atoms with Gasteiger partial charge >= 0.3 is 5.97 Å². The van der Waals surface area contributed by atoms with E-state index in [4.69, 9.17) is 26.1 Å². The molecular formula is C29H26N4O5S. The van der Waals surface area contributed by atoms with E-state index in [-0.39, 0.29) is 24.6 Å². The first-order chi connectivity index (χ1) is 19.0. The molecule has 4 aromatic rings. The van der Waals surface area contributed by atoms with Gasteiger partial charge in [0, 0.05) is 30.2 Å². The van der Waals surface area contributed by atoms with E-state index < -0.39 is 5.97 Å². The van der Waals surface area contributed by atoms with Crippen LogP contribution in [0.5, 0.6) is 0 Å². The molecule has 1 fully saturated rings. The molecule has 0 aliphatic carbocycles. The van der Waals surface area contributed by atoms with Crippen molar-refractivity contribution in [1.29, 1.82) is 0 Å². The molecule has 39 heavy (non-hydrogen) atoms. The summed E-state index contributed by atoms with van der Waals surface area (Å²) in [6, 6.07) is 23.3. The van der Waals surface area contributed by atoms with E-state index >= 15 is 0 Å². The molecule has 0 saturated carbocycles. The molecule has 0 radical (unpaired) electrons. The zero-order valence-corrected chi connectivity index (χ0v) is 22.1. The topological polar surface area (TPSA) is 106 Å². The number of benzene rings is 2. The summed E-state index contributed by atoms with van der Waals surface area (Å²) < 4.78 is 16.1. The van der Waals surface area contributed by atoms with E-state index in [0.29, 0.717) is 27.9 Å². The lowest BCUT2D eigenvalue weighted by molar-refractivity contribution is -0.119. The van der Waals surface area contributed by atoms with Crippen LogP contribution in [0.15, 0.2) is 89.5 Å².